The zero-order chi connectivity index (χ0) is 19.0. The first-order valence-electron chi connectivity index (χ1n) is 8.74. The van der Waals surface area contributed by atoms with Crippen LogP contribution in [0.4, 0.5) is 0 Å². The Hall–Kier alpha value is -2.11. The van der Waals surface area contributed by atoms with Gasteiger partial charge in [-0.3, -0.25) is 9.59 Å². The third-order valence-electron chi connectivity index (χ3n) is 5.09. The maximum atomic E-state index is 13.2. The van der Waals surface area contributed by atoms with E-state index < -0.39 is 12.0 Å². The van der Waals surface area contributed by atoms with Crippen molar-refractivity contribution in [1.29, 1.82) is 0 Å². The van der Waals surface area contributed by atoms with Crippen LogP contribution in [0.25, 0.3) is 0 Å². The fourth-order valence-electron chi connectivity index (χ4n) is 3.50. The normalized spacial score (nSPS) is 15.2. The summed E-state index contributed by atoms with van der Waals surface area (Å²) in [5.74, 6) is -0.496. The molecule has 1 heterocycles. The molecule has 25 heavy (non-hydrogen) atoms. The summed E-state index contributed by atoms with van der Waals surface area (Å²) in [6.45, 7) is 9.18. The quantitative estimate of drug-likeness (QED) is 0.585. The fraction of sp³-hybridized carbons (Fsp3) is 0.632. The second kappa shape index (κ2) is 7.02. The van der Waals surface area contributed by atoms with E-state index in [9.17, 15) is 14.4 Å². The van der Waals surface area contributed by atoms with E-state index in [2.05, 4.69) is 0 Å². The molecular weight excluding hydrogens is 320 g/mol. The lowest BCUT2D eigenvalue weighted by Gasteiger charge is -2.32. The highest BCUT2D eigenvalue weighted by Crippen LogP contribution is 2.33. The molecule has 0 saturated heterocycles. The Kier molecular flexibility index (Phi) is 5.40. The molecular formula is C19H28N2O4. The summed E-state index contributed by atoms with van der Waals surface area (Å²) in [6.07, 6.45) is 1.80. The van der Waals surface area contributed by atoms with Gasteiger partial charge in [-0.05, 0) is 53.0 Å². The molecule has 0 spiro atoms. The largest absolute Gasteiger partial charge is 0.464 e. The average molecular weight is 348 g/mol. The van der Waals surface area contributed by atoms with Gasteiger partial charge in [0.05, 0.1) is 13.2 Å². The van der Waals surface area contributed by atoms with Crippen molar-refractivity contribution in [2.75, 3.05) is 7.11 Å². The summed E-state index contributed by atoms with van der Waals surface area (Å²) in [6, 6.07) is -0.630. The van der Waals surface area contributed by atoms with Crippen molar-refractivity contribution < 1.29 is 19.1 Å². The molecule has 1 atom stereocenters. The first-order chi connectivity index (χ1) is 11.6. The maximum absolute atomic E-state index is 13.2. The van der Waals surface area contributed by atoms with Crippen molar-refractivity contribution in [1.82, 2.24) is 9.47 Å². The smallest absolute Gasteiger partial charge is 0.354 e. The molecule has 1 saturated carbocycles. The molecule has 0 aromatic carbocycles. The molecule has 1 amide bonds. The number of nitrogens with zero attached hydrogens (tertiary/aromatic N) is 2. The van der Waals surface area contributed by atoms with E-state index in [4.69, 9.17) is 4.74 Å². The third-order valence-corrected chi connectivity index (χ3v) is 5.09. The third kappa shape index (κ3) is 3.34. The number of amides is 1. The summed E-state index contributed by atoms with van der Waals surface area (Å²) < 4.78 is 6.52. The molecule has 1 aliphatic carbocycles. The first-order valence-corrected chi connectivity index (χ1v) is 8.74. The Morgan fingerprint density at radius 2 is 1.72 bits per heavy atom. The summed E-state index contributed by atoms with van der Waals surface area (Å²) in [4.78, 5) is 39.5. The Morgan fingerprint density at radius 3 is 2.16 bits per heavy atom. The molecule has 0 aliphatic heterocycles. The van der Waals surface area contributed by atoms with Gasteiger partial charge in [-0.2, -0.15) is 0 Å². The number of carbonyl (C=O) groups excluding carboxylic acids is 3. The van der Waals surface area contributed by atoms with Crippen LogP contribution in [-0.2, 0) is 16.6 Å². The lowest BCUT2D eigenvalue weighted by atomic mass is 9.98. The van der Waals surface area contributed by atoms with Crippen LogP contribution in [0.1, 0.15) is 65.7 Å². The van der Waals surface area contributed by atoms with E-state index in [1.807, 2.05) is 20.8 Å². The van der Waals surface area contributed by atoms with E-state index >= 15 is 0 Å². The van der Waals surface area contributed by atoms with Gasteiger partial charge < -0.3 is 14.2 Å². The summed E-state index contributed by atoms with van der Waals surface area (Å²) in [5.41, 5.74) is 2.19. The van der Waals surface area contributed by atoms with Gasteiger partial charge in [-0.1, -0.05) is 0 Å². The Balaban J connectivity index is 2.42. The second-order valence-corrected chi connectivity index (χ2v) is 7.14. The Bertz CT molecular complexity index is 713. The Morgan fingerprint density at radius 1 is 1.16 bits per heavy atom. The molecule has 138 valence electrons. The van der Waals surface area contributed by atoms with Crippen LogP contribution in [0.2, 0.25) is 0 Å². The van der Waals surface area contributed by atoms with Gasteiger partial charge in [0, 0.05) is 30.3 Å². The highest BCUT2D eigenvalue weighted by Gasteiger charge is 2.39. The first kappa shape index (κ1) is 19.2. The number of hydrogen-bond acceptors (Lipinski definition) is 4. The number of Topliss-reactive ketones (excluding diaryl/α,β-unsaturated/α-hetero) is 1. The number of rotatable bonds is 6. The van der Waals surface area contributed by atoms with Gasteiger partial charge in [-0.15, -0.1) is 0 Å². The van der Waals surface area contributed by atoms with Gasteiger partial charge in [0.1, 0.15) is 5.69 Å². The van der Waals surface area contributed by atoms with Gasteiger partial charge in [-0.25, -0.2) is 4.79 Å². The van der Waals surface area contributed by atoms with Gasteiger partial charge >= 0.3 is 5.97 Å². The number of aromatic nitrogens is 1. The van der Waals surface area contributed by atoms with Crippen LogP contribution in [0.3, 0.4) is 0 Å². The van der Waals surface area contributed by atoms with E-state index in [1.165, 1.54) is 7.11 Å². The van der Waals surface area contributed by atoms with Crippen LogP contribution in [-0.4, -0.2) is 46.3 Å². The molecule has 6 nitrogen and oxygen atoms in total. The molecule has 1 unspecified atom stereocenters. The number of ether oxygens (including phenoxy) is 1. The number of carbonyl (C=O) groups is 3. The molecule has 1 fully saturated rings. The predicted molar refractivity (Wildman–Crippen MR) is 94.7 cm³/mol. The topological polar surface area (TPSA) is 68.6 Å². The standard InChI is InChI=1S/C19H28N2O4/c1-10(2)21(18(23)14-8-9-14)13(5)17(22)15-11(3)16(19(24)25-7)20(6)12(15)4/h10,13-14H,8-9H2,1-7H3. The SMILES string of the molecule is COC(=O)c1c(C)c(C(=O)C(C)N(C(=O)C2CC2)C(C)C)c(C)n1C. The van der Waals surface area contributed by atoms with E-state index in [0.29, 0.717) is 22.5 Å². The highest BCUT2D eigenvalue weighted by atomic mass is 16.5. The minimum Gasteiger partial charge on any atom is -0.464 e. The Labute approximate surface area is 149 Å². The molecule has 0 bridgehead atoms. The fourth-order valence-corrected chi connectivity index (χ4v) is 3.50. The molecule has 2 rings (SSSR count). The molecule has 1 aromatic rings. The van der Waals surface area contributed by atoms with Gasteiger partial charge in [0.25, 0.3) is 0 Å². The van der Waals surface area contributed by atoms with E-state index in [1.54, 1.807) is 30.4 Å². The lowest BCUT2D eigenvalue weighted by molar-refractivity contribution is -0.135. The molecule has 0 N–H and O–H groups in total. The zero-order valence-electron chi connectivity index (χ0n) is 16.2. The predicted octanol–water partition coefficient (Wildman–Crippen LogP) is 2.65. The summed E-state index contributed by atoms with van der Waals surface area (Å²) in [5, 5.41) is 0. The van der Waals surface area contributed by atoms with Crippen LogP contribution in [0.15, 0.2) is 0 Å². The van der Waals surface area contributed by atoms with Crippen LogP contribution in [0, 0.1) is 19.8 Å². The summed E-state index contributed by atoms with van der Waals surface area (Å²) >= 11 is 0. The van der Waals surface area contributed by atoms with E-state index in [0.717, 1.165) is 12.8 Å². The number of methoxy groups -OCH3 is 1. The van der Waals surface area contributed by atoms with Crippen LogP contribution < -0.4 is 0 Å². The lowest BCUT2D eigenvalue weighted by Crippen LogP contribution is -2.48. The molecule has 0 radical (unpaired) electrons. The monoisotopic (exact) mass is 348 g/mol. The highest BCUT2D eigenvalue weighted by molar-refractivity contribution is 6.06. The van der Waals surface area contributed by atoms with Gasteiger partial charge in [0.2, 0.25) is 5.91 Å². The van der Waals surface area contributed by atoms with E-state index in [-0.39, 0.29) is 23.7 Å². The van der Waals surface area contributed by atoms with Crippen molar-refractivity contribution in [3.8, 4) is 0 Å². The summed E-state index contributed by atoms with van der Waals surface area (Å²) in [7, 11) is 3.06. The molecule has 1 aromatic heterocycles. The van der Waals surface area contributed by atoms with Crippen molar-refractivity contribution in [2.45, 2.75) is 59.5 Å². The van der Waals surface area contributed by atoms with Gasteiger partial charge in [0.15, 0.2) is 5.78 Å². The van der Waals surface area contributed by atoms with Crippen LogP contribution >= 0.6 is 0 Å². The van der Waals surface area contributed by atoms with Crippen molar-refractivity contribution in [2.24, 2.45) is 13.0 Å². The number of esters is 1. The van der Waals surface area contributed by atoms with Crippen molar-refractivity contribution in [3.63, 3.8) is 0 Å². The average Bonchev–Trinajstić information content (AvgIpc) is 3.35. The minimum atomic E-state index is -0.571. The van der Waals surface area contributed by atoms with Crippen molar-refractivity contribution in [3.05, 3.63) is 22.5 Å². The number of hydrogen-bond donors (Lipinski definition) is 0. The minimum absolute atomic E-state index is 0.0512. The second-order valence-electron chi connectivity index (χ2n) is 7.14. The number of ketones is 1. The molecule has 1 aliphatic rings. The maximum Gasteiger partial charge on any atom is 0.354 e. The van der Waals surface area contributed by atoms with Crippen LogP contribution in [0.5, 0.6) is 0 Å². The zero-order valence-corrected chi connectivity index (χ0v) is 16.2. The van der Waals surface area contributed by atoms with Crippen molar-refractivity contribution >= 4 is 17.7 Å². The molecule has 6 heteroatoms.